The Morgan fingerprint density at radius 1 is 1.33 bits per heavy atom. The smallest absolute Gasteiger partial charge is 0.149 e. The van der Waals surface area contributed by atoms with Crippen LogP contribution in [0, 0.1) is 11.6 Å². The highest BCUT2D eigenvalue weighted by molar-refractivity contribution is 5.44. The number of benzene rings is 1. The summed E-state index contributed by atoms with van der Waals surface area (Å²) in [5.41, 5.74) is 0.297. The highest BCUT2D eigenvalue weighted by Gasteiger charge is 2.00. The van der Waals surface area contributed by atoms with Crippen molar-refractivity contribution < 1.29 is 8.78 Å². The van der Waals surface area contributed by atoms with Gasteiger partial charge in [-0.05, 0) is 19.2 Å². The summed E-state index contributed by atoms with van der Waals surface area (Å²) < 4.78 is 25.2. The zero-order valence-electron chi connectivity index (χ0n) is 6.70. The van der Waals surface area contributed by atoms with E-state index >= 15 is 0 Å². The fourth-order valence-electron chi connectivity index (χ4n) is 0.816. The molecule has 0 bridgehead atoms. The van der Waals surface area contributed by atoms with Gasteiger partial charge in [0.05, 0.1) is 12.4 Å². The summed E-state index contributed by atoms with van der Waals surface area (Å²) in [6, 6.07) is 3.42. The van der Waals surface area contributed by atoms with E-state index in [1.807, 2.05) is 0 Å². The minimum Gasteiger partial charge on any atom is -0.370 e. The van der Waals surface area contributed by atoms with Gasteiger partial charge in [-0.1, -0.05) is 0 Å². The lowest BCUT2D eigenvalue weighted by Gasteiger charge is -2.05. The molecule has 2 nitrogen and oxygen atoms in total. The maximum Gasteiger partial charge on any atom is 0.149 e. The molecule has 0 saturated heterocycles. The topological polar surface area (TPSA) is 24.1 Å². The van der Waals surface area contributed by atoms with Crippen LogP contribution in [0.3, 0.4) is 0 Å². The lowest BCUT2D eigenvalue weighted by atomic mass is 10.3. The summed E-state index contributed by atoms with van der Waals surface area (Å²) in [4.78, 5) is 0. The summed E-state index contributed by atoms with van der Waals surface area (Å²) in [5.74, 6) is -1.15. The second-order valence-corrected chi connectivity index (χ2v) is 2.33. The van der Waals surface area contributed by atoms with Crippen molar-refractivity contribution >= 4 is 5.69 Å². The minimum absolute atomic E-state index is 0.297. The fourth-order valence-corrected chi connectivity index (χ4v) is 0.816. The Balaban J connectivity index is 2.72. The van der Waals surface area contributed by atoms with Gasteiger partial charge in [-0.15, -0.1) is 0 Å². The van der Waals surface area contributed by atoms with E-state index in [1.54, 1.807) is 7.05 Å². The van der Waals surface area contributed by atoms with Gasteiger partial charge in [0.15, 0.2) is 0 Å². The molecule has 0 spiro atoms. The van der Waals surface area contributed by atoms with E-state index in [4.69, 9.17) is 0 Å². The molecule has 0 saturated carbocycles. The van der Waals surface area contributed by atoms with Crippen molar-refractivity contribution in [2.45, 2.75) is 0 Å². The molecule has 0 fully saturated rings. The van der Waals surface area contributed by atoms with Crippen LogP contribution >= 0.6 is 0 Å². The van der Waals surface area contributed by atoms with Crippen molar-refractivity contribution in [3.8, 4) is 0 Å². The molecule has 0 atom stereocenters. The molecule has 0 aromatic heterocycles. The molecule has 0 aliphatic carbocycles. The molecule has 0 aliphatic rings. The van der Waals surface area contributed by atoms with E-state index in [2.05, 4.69) is 10.6 Å². The first kappa shape index (κ1) is 8.93. The highest BCUT2D eigenvalue weighted by Crippen LogP contribution is 2.13. The van der Waals surface area contributed by atoms with Gasteiger partial charge in [0.25, 0.3) is 0 Å². The third kappa shape index (κ3) is 2.17. The number of rotatable bonds is 3. The second-order valence-electron chi connectivity index (χ2n) is 2.33. The summed E-state index contributed by atoms with van der Waals surface area (Å²) in [7, 11) is 1.73. The predicted molar refractivity (Wildman–Crippen MR) is 43.9 cm³/mol. The summed E-state index contributed by atoms with van der Waals surface area (Å²) in [6.45, 7) is 0.447. The number of hydrogen-bond acceptors (Lipinski definition) is 2. The van der Waals surface area contributed by atoms with Crippen LogP contribution in [0.2, 0.25) is 0 Å². The monoisotopic (exact) mass is 172 g/mol. The van der Waals surface area contributed by atoms with Gasteiger partial charge in [-0.2, -0.15) is 0 Å². The highest BCUT2D eigenvalue weighted by atomic mass is 19.1. The SMILES string of the molecule is CNCNc1ccc(F)cc1F. The van der Waals surface area contributed by atoms with Crippen molar-refractivity contribution in [1.29, 1.82) is 0 Å². The molecule has 0 amide bonds. The first-order valence-corrected chi connectivity index (χ1v) is 3.57. The summed E-state index contributed by atoms with van der Waals surface area (Å²) in [6.07, 6.45) is 0. The van der Waals surface area contributed by atoms with Crippen molar-refractivity contribution in [3.05, 3.63) is 29.8 Å². The molecule has 0 radical (unpaired) electrons. The zero-order chi connectivity index (χ0) is 8.97. The average Bonchev–Trinajstić information content (AvgIpc) is 2.03. The third-order valence-electron chi connectivity index (χ3n) is 1.39. The molecule has 0 aliphatic heterocycles. The molecular weight excluding hydrogens is 162 g/mol. The molecular formula is C8H10F2N2. The van der Waals surface area contributed by atoms with Gasteiger partial charge in [0, 0.05) is 6.07 Å². The molecule has 0 heterocycles. The maximum atomic E-state index is 12.8. The van der Waals surface area contributed by atoms with Crippen molar-refractivity contribution in [2.75, 3.05) is 19.0 Å². The lowest BCUT2D eigenvalue weighted by molar-refractivity contribution is 0.584. The Morgan fingerprint density at radius 3 is 2.67 bits per heavy atom. The Hall–Kier alpha value is -1.16. The van der Waals surface area contributed by atoms with Crippen LogP contribution in [-0.2, 0) is 0 Å². The molecule has 1 aromatic carbocycles. The van der Waals surface area contributed by atoms with Gasteiger partial charge in [0.2, 0.25) is 0 Å². The normalized spacial score (nSPS) is 9.92. The average molecular weight is 172 g/mol. The van der Waals surface area contributed by atoms with E-state index in [0.29, 0.717) is 12.4 Å². The Bertz CT molecular complexity index is 263. The Kier molecular flexibility index (Phi) is 2.99. The maximum absolute atomic E-state index is 12.8. The van der Waals surface area contributed by atoms with Crippen LogP contribution < -0.4 is 10.6 Å². The van der Waals surface area contributed by atoms with Crippen molar-refractivity contribution in [2.24, 2.45) is 0 Å². The van der Waals surface area contributed by atoms with Crippen molar-refractivity contribution in [3.63, 3.8) is 0 Å². The molecule has 4 heteroatoms. The van der Waals surface area contributed by atoms with E-state index in [1.165, 1.54) is 12.1 Å². The molecule has 1 rings (SSSR count). The van der Waals surface area contributed by atoms with E-state index in [-0.39, 0.29) is 0 Å². The number of nitrogens with one attached hydrogen (secondary N) is 2. The summed E-state index contributed by atoms with van der Waals surface area (Å²) in [5, 5.41) is 5.52. The standard InChI is InChI=1S/C8H10F2N2/c1-11-5-12-8-3-2-6(9)4-7(8)10/h2-4,11-12H,5H2,1H3. The van der Waals surface area contributed by atoms with Gasteiger partial charge in [-0.3, -0.25) is 0 Å². The molecule has 66 valence electrons. The van der Waals surface area contributed by atoms with Crippen molar-refractivity contribution in [1.82, 2.24) is 5.32 Å². The van der Waals surface area contributed by atoms with Gasteiger partial charge in [-0.25, -0.2) is 8.78 Å². The first-order chi connectivity index (χ1) is 5.74. The van der Waals surface area contributed by atoms with E-state index in [0.717, 1.165) is 6.07 Å². The van der Waals surface area contributed by atoms with Crippen LogP contribution in [0.25, 0.3) is 0 Å². The zero-order valence-corrected chi connectivity index (χ0v) is 6.70. The van der Waals surface area contributed by atoms with Crippen LogP contribution in [0.15, 0.2) is 18.2 Å². The molecule has 0 unspecified atom stereocenters. The van der Waals surface area contributed by atoms with Crippen LogP contribution in [0.1, 0.15) is 0 Å². The Morgan fingerprint density at radius 2 is 2.08 bits per heavy atom. The quantitative estimate of drug-likeness (QED) is 0.676. The first-order valence-electron chi connectivity index (χ1n) is 3.57. The molecule has 12 heavy (non-hydrogen) atoms. The van der Waals surface area contributed by atoms with Crippen LogP contribution in [-0.4, -0.2) is 13.7 Å². The summed E-state index contributed by atoms with van der Waals surface area (Å²) >= 11 is 0. The fraction of sp³-hybridized carbons (Fsp3) is 0.250. The Labute approximate surface area is 69.6 Å². The minimum atomic E-state index is -0.578. The molecule has 1 aromatic rings. The number of anilines is 1. The van der Waals surface area contributed by atoms with Crippen LogP contribution in [0.4, 0.5) is 14.5 Å². The largest absolute Gasteiger partial charge is 0.370 e. The lowest BCUT2D eigenvalue weighted by Crippen LogP contribution is -2.17. The second kappa shape index (κ2) is 4.01. The van der Waals surface area contributed by atoms with E-state index < -0.39 is 11.6 Å². The van der Waals surface area contributed by atoms with E-state index in [9.17, 15) is 8.78 Å². The van der Waals surface area contributed by atoms with Gasteiger partial charge >= 0.3 is 0 Å². The number of hydrogen-bond donors (Lipinski definition) is 2. The van der Waals surface area contributed by atoms with Gasteiger partial charge < -0.3 is 10.6 Å². The molecule has 2 N–H and O–H groups in total. The van der Waals surface area contributed by atoms with Crippen LogP contribution in [0.5, 0.6) is 0 Å². The predicted octanol–water partition coefficient (Wildman–Crippen LogP) is 1.55. The third-order valence-corrected chi connectivity index (χ3v) is 1.39. The van der Waals surface area contributed by atoms with Gasteiger partial charge in [0.1, 0.15) is 11.6 Å². The number of halogens is 2.